The molecule has 7 heteroatoms. The first-order valence-electron chi connectivity index (χ1n) is 7.71. The number of aliphatic hydroxyl groups is 3. The average molecular weight is 310 g/mol. The lowest BCUT2D eigenvalue weighted by Gasteiger charge is -2.27. The molecule has 22 heavy (non-hydrogen) atoms. The molecule has 1 aromatic heterocycles. The fraction of sp³-hybridized carbons (Fsp3) is 0.733. The lowest BCUT2D eigenvalue weighted by atomic mass is 9.96. The van der Waals surface area contributed by atoms with Crippen LogP contribution in [0.4, 0.5) is 0 Å². The van der Waals surface area contributed by atoms with Gasteiger partial charge in [-0.3, -0.25) is 4.57 Å². The van der Waals surface area contributed by atoms with Gasteiger partial charge in [-0.25, -0.2) is 4.79 Å². The molecule has 1 aromatic rings. The van der Waals surface area contributed by atoms with Gasteiger partial charge in [-0.2, -0.15) is 4.98 Å². The molecule has 2 fully saturated rings. The van der Waals surface area contributed by atoms with Gasteiger partial charge in [0, 0.05) is 12.1 Å². The molecule has 2 aliphatic rings. The fourth-order valence-electron chi connectivity index (χ4n) is 3.44. The smallest absolute Gasteiger partial charge is 0.350 e. The summed E-state index contributed by atoms with van der Waals surface area (Å²) in [5.74, 6) is 0.322. The molecule has 2 heterocycles. The molecule has 1 aliphatic heterocycles. The summed E-state index contributed by atoms with van der Waals surface area (Å²) in [6.07, 6.45) is 2.66. The van der Waals surface area contributed by atoms with E-state index in [1.54, 1.807) is 12.3 Å². The van der Waals surface area contributed by atoms with Crippen molar-refractivity contribution in [1.29, 1.82) is 0 Å². The molecule has 122 valence electrons. The van der Waals surface area contributed by atoms with Crippen molar-refractivity contribution >= 4 is 0 Å². The van der Waals surface area contributed by atoms with Gasteiger partial charge in [0.15, 0.2) is 6.23 Å². The largest absolute Gasteiger partial charge is 0.394 e. The van der Waals surface area contributed by atoms with E-state index >= 15 is 0 Å². The highest BCUT2D eigenvalue weighted by atomic mass is 16.6. The zero-order chi connectivity index (χ0) is 15.9. The maximum absolute atomic E-state index is 12.3. The van der Waals surface area contributed by atoms with E-state index in [1.165, 1.54) is 11.5 Å². The molecule has 7 nitrogen and oxygen atoms in total. The Balaban J connectivity index is 1.90. The minimum Gasteiger partial charge on any atom is -0.394 e. The minimum absolute atomic E-state index is 0.322. The third-order valence-electron chi connectivity index (χ3n) is 4.81. The Labute approximate surface area is 128 Å². The third-order valence-corrected chi connectivity index (χ3v) is 4.81. The predicted octanol–water partition coefficient (Wildman–Crippen LogP) is -0.0975. The summed E-state index contributed by atoms with van der Waals surface area (Å²) in [7, 11) is 0. The summed E-state index contributed by atoms with van der Waals surface area (Å²) in [4.78, 5) is 16.4. The Kier molecular flexibility index (Phi) is 4.07. The zero-order valence-electron chi connectivity index (χ0n) is 12.6. The van der Waals surface area contributed by atoms with Gasteiger partial charge in [-0.15, -0.1) is 0 Å². The monoisotopic (exact) mass is 310 g/mol. The predicted molar refractivity (Wildman–Crippen MR) is 77.3 cm³/mol. The minimum atomic E-state index is -1.67. The Bertz CT molecular complexity index is 594. The van der Waals surface area contributed by atoms with Crippen LogP contribution >= 0.6 is 0 Å². The summed E-state index contributed by atoms with van der Waals surface area (Å²) >= 11 is 0. The van der Waals surface area contributed by atoms with Crippen molar-refractivity contribution in [1.82, 2.24) is 9.55 Å². The molecule has 1 aliphatic carbocycles. The maximum Gasteiger partial charge on any atom is 0.350 e. The normalized spacial score (nSPS) is 36.1. The number of nitrogens with zero attached hydrogens (tertiary/aromatic N) is 2. The number of rotatable bonds is 3. The Morgan fingerprint density at radius 3 is 2.68 bits per heavy atom. The van der Waals surface area contributed by atoms with Crippen LogP contribution in [0.15, 0.2) is 17.1 Å². The van der Waals surface area contributed by atoms with Crippen LogP contribution in [0.1, 0.15) is 50.4 Å². The van der Waals surface area contributed by atoms with E-state index in [4.69, 9.17) is 4.74 Å². The quantitative estimate of drug-likeness (QED) is 0.720. The van der Waals surface area contributed by atoms with Crippen LogP contribution in [0, 0.1) is 0 Å². The summed E-state index contributed by atoms with van der Waals surface area (Å²) in [6, 6.07) is 1.77. The van der Waals surface area contributed by atoms with Crippen molar-refractivity contribution in [3.8, 4) is 0 Å². The van der Waals surface area contributed by atoms with Crippen molar-refractivity contribution < 1.29 is 20.1 Å². The van der Waals surface area contributed by atoms with Gasteiger partial charge in [0.2, 0.25) is 0 Å². The summed E-state index contributed by atoms with van der Waals surface area (Å²) in [6.45, 7) is 0.950. The second-order valence-corrected chi connectivity index (χ2v) is 6.40. The SMILES string of the molecule is C[C@@]1(O)C(O)C(CO)OC1n1ccc(C2CCCC2)nc1=O. The summed E-state index contributed by atoms with van der Waals surface area (Å²) in [5, 5.41) is 29.6. The van der Waals surface area contributed by atoms with Crippen LogP contribution in [-0.2, 0) is 4.74 Å². The van der Waals surface area contributed by atoms with Gasteiger partial charge in [-0.1, -0.05) is 12.8 Å². The summed E-state index contributed by atoms with van der Waals surface area (Å²) < 4.78 is 6.62. The van der Waals surface area contributed by atoms with Gasteiger partial charge in [-0.05, 0) is 25.8 Å². The van der Waals surface area contributed by atoms with Gasteiger partial charge in [0.25, 0.3) is 0 Å². The molecule has 0 bridgehead atoms. The van der Waals surface area contributed by atoms with E-state index in [0.717, 1.165) is 31.4 Å². The van der Waals surface area contributed by atoms with Crippen LogP contribution < -0.4 is 5.69 Å². The Hall–Kier alpha value is -1.28. The molecular formula is C15H22N2O5. The van der Waals surface area contributed by atoms with Crippen LogP contribution in [0.2, 0.25) is 0 Å². The zero-order valence-corrected chi connectivity index (χ0v) is 12.6. The number of hydrogen-bond acceptors (Lipinski definition) is 6. The van der Waals surface area contributed by atoms with E-state index in [0.29, 0.717) is 5.92 Å². The van der Waals surface area contributed by atoms with E-state index in [-0.39, 0.29) is 0 Å². The lowest BCUT2D eigenvalue weighted by molar-refractivity contribution is -0.0987. The molecular weight excluding hydrogens is 288 g/mol. The average Bonchev–Trinajstić information content (AvgIpc) is 3.09. The lowest BCUT2D eigenvalue weighted by Crippen LogP contribution is -2.46. The molecule has 3 N–H and O–H groups in total. The van der Waals surface area contributed by atoms with Crippen molar-refractivity contribution in [3.05, 3.63) is 28.4 Å². The van der Waals surface area contributed by atoms with Crippen LogP contribution in [0.5, 0.6) is 0 Å². The highest BCUT2D eigenvalue weighted by Crippen LogP contribution is 2.37. The van der Waals surface area contributed by atoms with Crippen molar-refractivity contribution in [2.45, 2.75) is 62.6 Å². The first kappa shape index (κ1) is 15.6. The topological polar surface area (TPSA) is 105 Å². The van der Waals surface area contributed by atoms with Gasteiger partial charge in [0.05, 0.1) is 12.3 Å². The Morgan fingerprint density at radius 1 is 1.45 bits per heavy atom. The molecule has 3 rings (SSSR count). The second-order valence-electron chi connectivity index (χ2n) is 6.40. The van der Waals surface area contributed by atoms with E-state index in [1.807, 2.05) is 0 Å². The first-order valence-corrected chi connectivity index (χ1v) is 7.71. The number of ether oxygens (including phenoxy) is 1. The second kappa shape index (κ2) is 5.73. The molecule has 1 saturated carbocycles. The number of hydrogen-bond donors (Lipinski definition) is 3. The van der Waals surface area contributed by atoms with Crippen molar-refractivity contribution in [2.24, 2.45) is 0 Å². The number of aliphatic hydroxyl groups excluding tert-OH is 2. The van der Waals surface area contributed by atoms with Gasteiger partial charge >= 0.3 is 5.69 Å². The molecule has 0 spiro atoms. The molecule has 1 saturated heterocycles. The van der Waals surface area contributed by atoms with E-state index < -0.39 is 36.3 Å². The van der Waals surface area contributed by atoms with E-state index in [9.17, 15) is 20.1 Å². The highest BCUT2D eigenvalue weighted by Gasteiger charge is 2.53. The number of aromatic nitrogens is 2. The van der Waals surface area contributed by atoms with Crippen molar-refractivity contribution in [2.75, 3.05) is 6.61 Å². The first-order chi connectivity index (χ1) is 10.4. The highest BCUT2D eigenvalue weighted by molar-refractivity contribution is 5.09. The maximum atomic E-state index is 12.3. The standard InChI is InChI=1S/C15H22N2O5/c1-15(21)12(19)11(8-18)22-13(15)17-7-6-10(16-14(17)20)9-4-2-3-5-9/h6-7,9,11-13,18-19,21H,2-5,8H2,1H3/t11?,12?,13?,15-/m1/s1. The summed E-state index contributed by atoms with van der Waals surface area (Å²) in [5.41, 5.74) is -1.41. The third kappa shape index (κ3) is 2.48. The van der Waals surface area contributed by atoms with E-state index in [2.05, 4.69) is 4.98 Å². The van der Waals surface area contributed by atoms with Gasteiger partial charge < -0.3 is 20.1 Å². The molecule has 3 unspecified atom stereocenters. The molecule has 0 aromatic carbocycles. The molecule has 0 amide bonds. The van der Waals surface area contributed by atoms with Crippen LogP contribution in [0.3, 0.4) is 0 Å². The fourth-order valence-corrected chi connectivity index (χ4v) is 3.44. The van der Waals surface area contributed by atoms with Crippen molar-refractivity contribution in [3.63, 3.8) is 0 Å². The molecule has 0 radical (unpaired) electrons. The molecule has 4 atom stereocenters. The van der Waals surface area contributed by atoms with Crippen LogP contribution in [0.25, 0.3) is 0 Å². The Morgan fingerprint density at radius 2 is 2.14 bits per heavy atom. The van der Waals surface area contributed by atoms with Gasteiger partial charge in [0.1, 0.15) is 17.8 Å². The van der Waals surface area contributed by atoms with Crippen LogP contribution in [-0.4, -0.2) is 49.3 Å².